The maximum absolute atomic E-state index is 11.5. The Hall–Kier alpha value is -1.31. The SMILES string of the molecule is C.CC(C)(C)CC1OC(=O)c2ccccc21. The number of esters is 1. The molecule has 0 aliphatic carbocycles. The number of hydrogen-bond donors (Lipinski definition) is 0. The lowest BCUT2D eigenvalue weighted by Crippen LogP contribution is -2.11. The van der Waals surface area contributed by atoms with Gasteiger partial charge in [-0.2, -0.15) is 0 Å². The molecule has 0 saturated carbocycles. The van der Waals surface area contributed by atoms with E-state index in [1.165, 1.54) is 0 Å². The number of hydrogen-bond acceptors (Lipinski definition) is 2. The van der Waals surface area contributed by atoms with E-state index >= 15 is 0 Å². The smallest absolute Gasteiger partial charge is 0.339 e. The summed E-state index contributed by atoms with van der Waals surface area (Å²) in [5.41, 5.74) is 1.94. The van der Waals surface area contributed by atoms with Crippen LogP contribution in [0.1, 0.15) is 56.6 Å². The number of cyclic esters (lactones) is 1. The molecule has 0 spiro atoms. The van der Waals surface area contributed by atoms with Gasteiger partial charge in [0, 0.05) is 5.56 Å². The fraction of sp³-hybridized carbons (Fsp3) is 0.500. The number of ether oxygens (including phenoxy) is 1. The second kappa shape index (κ2) is 4.28. The Kier molecular flexibility index (Phi) is 3.41. The van der Waals surface area contributed by atoms with Crippen molar-refractivity contribution >= 4 is 5.97 Å². The zero-order chi connectivity index (χ0) is 11.1. The monoisotopic (exact) mass is 220 g/mol. The molecule has 2 rings (SSSR count). The summed E-state index contributed by atoms with van der Waals surface area (Å²) in [6.45, 7) is 6.46. The van der Waals surface area contributed by atoms with Gasteiger partial charge in [0.1, 0.15) is 6.10 Å². The van der Waals surface area contributed by atoms with Crippen molar-refractivity contribution in [1.29, 1.82) is 0 Å². The minimum absolute atomic E-state index is 0. The first kappa shape index (κ1) is 12.8. The Morgan fingerprint density at radius 2 is 1.88 bits per heavy atom. The summed E-state index contributed by atoms with van der Waals surface area (Å²) in [7, 11) is 0. The van der Waals surface area contributed by atoms with Crippen LogP contribution in [0.2, 0.25) is 0 Å². The summed E-state index contributed by atoms with van der Waals surface area (Å²) >= 11 is 0. The maximum atomic E-state index is 11.5. The molecule has 1 unspecified atom stereocenters. The van der Waals surface area contributed by atoms with E-state index in [2.05, 4.69) is 20.8 Å². The maximum Gasteiger partial charge on any atom is 0.339 e. The third-order valence-electron chi connectivity index (χ3n) is 2.57. The Bertz CT molecular complexity index is 388. The Balaban J connectivity index is 0.00000128. The largest absolute Gasteiger partial charge is 0.454 e. The quantitative estimate of drug-likeness (QED) is 0.669. The van der Waals surface area contributed by atoms with Gasteiger partial charge in [0.05, 0.1) is 5.56 Å². The van der Waals surface area contributed by atoms with Crippen LogP contribution in [0.5, 0.6) is 0 Å². The number of benzene rings is 1. The van der Waals surface area contributed by atoms with Crippen LogP contribution >= 0.6 is 0 Å². The van der Waals surface area contributed by atoms with Crippen molar-refractivity contribution in [2.24, 2.45) is 5.41 Å². The van der Waals surface area contributed by atoms with E-state index in [1.54, 1.807) is 0 Å². The van der Waals surface area contributed by atoms with Gasteiger partial charge in [0.25, 0.3) is 0 Å². The van der Waals surface area contributed by atoms with Crippen molar-refractivity contribution in [2.75, 3.05) is 0 Å². The summed E-state index contributed by atoms with van der Waals surface area (Å²) < 4.78 is 5.37. The highest BCUT2D eigenvalue weighted by molar-refractivity contribution is 5.93. The summed E-state index contributed by atoms with van der Waals surface area (Å²) in [5.74, 6) is -0.181. The van der Waals surface area contributed by atoms with E-state index in [0.717, 1.165) is 17.5 Å². The normalized spacial score (nSPS) is 18.7. The molecule has 1 aromatic carbocycles. The Labute approximate surface area is 97.6 Å². The molecule has 16 heavy (non-hydrogen) atoms. The average molecular weight is 220 g/mol. The molecule has 1 aromatic rings. The van der Waals surface area contributed by atoms with Crippen LogP contribution in [0.25, 0.3) is 0 Å². The van der Waals surface area contributed by atoms with Crippen molar-refractivity contribution in [3.8, 4) is 0 Å². The molecule has 0 aromatic heterocycles. The molecule has 0 saturated heterocycles. The third kappa shape index (κ3) is 2.43. The standard InChI is InChI=1S/C13H16O2.CH4/c1-13(2,3)8-11-9-6-4-5-7-10(9)12(14)15-11;/h4-7,11H,8H2,1-3H3;1H4. The van der Waals surface area contributed by atoms with E-state index in [4.69, 9.17) is 4.74 Å². The second-order valence-electron chi connectivity index (χ2n) is 5.25. The lowest BCUT2D eigenvalue weighted by atomic mass is 9.86. The van der Waals surface area contributed by atoms with Gasteiger partial charge in [0.15, 0.2) is 0 Å². The van der Waals surface area contributed by atoms with Crippen molar-refractivity contribution < 1.29 is 9.53 Å². The van der Waals surface area contributed by atoms with Crippen LogP contribution in [0.4, 0.5) is 0 Å². The third-order valence-corrected chi connectivity index (χ3v) is 2.57. The predicted molar refractivity (Wildman–Crippen MR) is 65.4 cm³/mol. The first-order chi connectivity index (χ1) is 6.97. The van der Waals surface area contributed by atoms with Crippen LogP contribution in [0.3, 0.4) is 0 Å². The molecular weight excluding hydrogens is 200 g/mol. The van der Waals surface area contributed by atoms with Crippen molar-refractivity contribution in [3.63, 3.8) is 0 Å². The predicted octanol–water partition coefficient (Wildman–Crippen LogP) is 3.97. The molecule has 88 valence electrons. The molecule has 1 aliphatic heterocycles. The van der Waals surface area contributed by atoms with Crippen molar-refractivity contribution in [1.82, 2.24) is 0 Å². The van der Waals surface area contributed by atoms with E-state index < -0.39 is 0 Å². The van der Waals surface area contributed by atoms with Gasteiger partial charge in [-0.05, 0) is 17.9 Å². The summed E-state index contributed by atoms with van der Waals surface area (Å²) in [4.78, 5) is 11.5. The van der Waals surface area contributed by atoms with Gasteiger partial charge in [0.2, 0.25) is 0 Å². The lowest BCUT2D eigenvalue weighted by molar-refractivity contribution is 0.0295. The van der Waals surface area contributed by atoms with Gasteiger partial charge in [-0.25, -0.2) is 4.79 Å². The number of carbonyl (C=O) groups is 1. The van der Waals surface area contributed by atoms with E-state index in [0.29, 0.717) is 0 Å². The molecular formula is C14H20O2. The molecule has 2 nitrogen and oxygen atoms in total. The highest BCUT2D eigenvalue weighted by Gasteiger charge is 2.33. The molecule has 0 amide bonds. The van der Waals surface area contributed by atoms with Crippen LogP contribution in [-0.4, -0.2) is 5.97 Å². The number of rotatable bonds is 1. The van der Waals surface area contributed by atoms with Crippen LogP contribution in [0, 0.1) is 5.41 Å². The highest BCUT2D eigenvalue weighted by Crippen LogP contribution is 2.38. The van der Waals surface area contributed by atoms with Crippen LogP contribution in [0.15, 0.2) is 24.3 Å². The number of fused-ring (bicyclic) bond motifs is 1. The molecule has 0 fully saturated rings. The minimum atomic E-state index is -0.181. The van der Waals surface area contributed by atoms with Crippen LogP contribution in [-0.2, 0) is 4.74 Å². The lowest BCUT2D eigenvalue weighted by Gasteiger charge is -2.22. The van der Waals surface area contributed by atoms with Gasteiger partial charge < -0.3 is 4.74 Å². The van der Waals surface area contributed by atoms with Crippen LogP contribution < -0.4 is 0 Å². The summed E-state index contributed by atoms with van der Waals surface area (Å²) in [5, 5.41) is 0. The zero-order valence-corrected chi connectivity index (χ0v) is 9.41. The summed E-state index contributed by atoms with van der Waals surface area (Å²) in [6.07, 6.45) is 0.809. The molecule has 1 heterocycles. The van der Waals surface area contributed by atoms with E-state index in [-0.39, 0.29) is 24.9 Å². The zero-order valence-electron chi connectivity index (χ0n) is 9.41. The minimum Gasteiger partial charge on any atom is -0.454 e. The fourth-order valence-corrected chi connectivity index (χ4v) is 1.93. The van der Waals surface area contributed by atoms with Gasteiger partial charge in [-0.1, -0.05) is 46.4 Å². The first-order valence-electron chi connectivity index (χ1n) is 5.27. The highest BCUT2D eigenvalue weighted by atomic mass is 16.5. The molecule has 0 radical (unpaired) electrons. The Morgan fingerprint density at radius 1 is 1.25 bits per heavy atom. The van der Waals surface area contributed by atoms with Gasteiger partial charge >= 0.3 is 5.97 Å². The number of carbonyl (C=O) groups excluding carboxylic acids is 1. The van der Waals surface area contributed by atoms with Crippen molar-refractivity contribution in [3.05, 3.63) is 35.4 Å². The molecule has 0 N–H and O–H groups in total. The summed E-state index contributed by atoms with van der Waals surface area (Å²) in [6, 6.07) is 7.65. The first-order valence-corrected chi connectivity index (χ1v) is 5.27. The topological polar surface area (TPSA) is 26.3 Å². The average Bonchev–Trinajstić information content (AvgIpc) is 2.42. The van der Waals surface area contributed by atoms with E-state index in [1.807, 2.05) is 24.3 Å². The van der Waals surface area contributed by atoms with Gasteiger partial charge in [-0.3, -0.25) is 0 Å². The second-order valence-corrected chi connectivity index (χ2v) is 5.25. The molecule has 1 aliphatic rings. The fourth-order valence-electron chi connectivity index (χ4n) is 1.93. The van der Waals surface area contributed by atoms with Crippen molar-refractivity contribution in [2.45, 2.75) is 40.7 Å². The molecule has 1 atom stereocenters. The molecule has 2 heteroatoms. The van der Waals surface area contributed by atoms with E-state index in [9.17, 15) is 4.79 Å². The molecule has 0 bridgehead atoms. The Morgan fingerprint density at radius 3 is 2.50 bits per heavy atom. The van der Waals surface area contributed by atoms with Gasteiger partial charge in [-0.15, -0.1) is 0 Å².